The van der Waals surface area contributed by atoms with E-state index in [-0.39, 0.29) is 0 Å². The number of aliphatic hydroxyl groups excluding tert-OH is 1. The number of hydrogen-bond donors (Lipinski definition) is 1. The Bertz CT molecular complexity index is 510. The smallest absolute Gasteiger partial charge is 0.0772 e. The molecule has 1 N–H and O–H groups in total. The Labute approximate surface area is 116 Å². The molecule has 1 atom stereocenters. The fraction of sp³-hybridized carbons (Fsp3) is 0.182. The molecule has 1 heterocycles. The summed E-state index contributed by atoms with van der Waals surface area (Å²) in [5, 5.41) is 13.7. The summed E-state index contributed by atoms with van der Waals surface area (Å²) in [7, 11) is 0. The Balaban J connectivity index is 2.42. The van der Waals surface area contributed by atoms with Gasteiger partial charge < -0.3 is 5.11 Å². The highest BCUT2D eigenvalue weighted by Crippen LogP contribution is 2.25. The monoisotopic (exact) mass is 392 g/mol. The zero-order valence-electron chi connectivity index (χ0n) is 8.56. The van der Waals surface area contributed by atoms with E-state index >= 15 is 0 Å². The van der Waals surface area contributed by atoms with Crippen molar-refractivity contribution < 1.29 is 5.11 Å². The molecule has 0 saturated heterocycles. The summed E-state index contributed by atoms with van der Waals surface area (Å²) < 4.78 is 3.79. The Morgan fingerprint density at radius 1 is 1.50 bits per heavy atom. The summed E-state index contributed by atoms with van der Waals surface area (Å²) in [6.07, 6.45) is 3.28. The lowest BCUT2D eigenvalue weighted by Crippen LogP contribution is -1.97. The molecule has 2 rings (SSSR count). The Kier molecular flexibility index (Phi) is 3.66. The van der Waals surface area contributed by atoms with E-state index in [0.717, 1.165) is 19.3 Å². The van der Waals surface area contributed by atoms with Gasteiger partial charge in [0.25, 0.3) is 0 Å². The molecule has 3 nitrogen and oxygen atoms in total. The molecule has 0 amide bonds. The molecule has 0 fully saturated rings. The van der Waals surface area contributed by atoms with Crippen molar-refractivity contribution in [3.05, 3.63) is 44.2 Å². The third-order valence-electron chi connectivity index (χ3n) is 2.25. The first-order chi connectivity index (χ1) is 7.58. The maximum Gasteiger partial charge on any atom is 0.0772 e. The minimum absolute atomic E-state index is 0.471. The van der Waals surface area contributed by atoms with Gasteiger partial charge in [0.2, 0.25) is 0 Å². The fourth-order valence-electron chi connectivity index (χ4n) is 1.44. The Morgan fingerprint density at radius 2 is 2.25 bits per heavy atom. The van der Waals surface area contributed by atoms with E-state index in [0.29, 0.717) is 0 Å². The van der Waals surface area contributed by atoms with Crippen LogP contribution >= 0.6 is 38.5 Å². The highest BCUT2D eigenvalue weighted by atomic mass is 127. The molecule has 1 aromatic carbocycles. The Morgan fingerprint density at radius 3 is 2.75 bits per heavy atom. The first-order valence-electron chi connectivity index (χ1n) is 4.76. The van der Waals surface area contributed by atoms with Gasteiger partial charge in [-0.05, 0) is 47.2 Å². The van der Waals surface area contributed by atoms with Crippen LogP contribution in [0.5, 0.6) is 0 Å². The van der Waals surface area contributed by atoms with E-state index in [1.165, 1.54) is 0 Å². The van der Waals surface area contributed by atoms with Crippen LogP contribution in [0.25, 0.3) is 5.69 Å². The van der Waals surface area contributed by atoms with Crippen molar-refractivity contribution in [2.45, 2.75) is 13.0 Å². The van der Waals surface area contributed by atoms with Crippen molar-refractivity contribution >= 4 is 38.5 Å². The number of hydrogen-bond acceptors (Lipinski definition) is 2. The lowest BCUT2D eigenvalue weighted by Gasteiger charge is -2.09. The third kappa shape index (κ3) is 2.46. The zero-order chi connectivity index (χ0) is 11.7. The summed E-state index contributed by atoms with van der Waals surface area (Å²) in [6, 6.07) is 5.79. The number of benzene rings is 1. The molecule has 0 saturated carbocycles. The van der Waals surface area contributed by atoms with Crippen molar-refractivity contribution in [1.82, 2.24) is 9.78 Å². The van der Waals surface area contributed by atoms with Crippen molar-refractivity contribution in [2.24, 2.45) is 0 Å². The van der Waals surface area contributed by atoms with Gasteiger partial charge >= 0.3 is 0 Å². The first-order valence-corrected chi connectivity index (χ1v) is 6.63. The summed E-state index contributed by atoms with van der Waals surface area (Å²) in [5.41, 5.74) is 1.85. The summed E-state index contributed by atoms with van der Waals surface area (Å²) in [4.78, 5) is 0. The molecular formula is C11H10BrIN2O. The number of nitrogens with zero attached hydrogens (tertiary/aromatic N) is 2. The van der Waals surface area contributed by atoms with Crippen LogP contribution in [0.15, 0.2) is 35.1 Å². The molecule has 0 aliphatic carbocycles. The van der Waals surface area contributed by atoms with Gasteiger partial charge in [-0.2, -0.15) is 5.10 Å². The summed E-state index contributed by atoms with van der Waals surface area (Å²) >= 11 is 5.67. The minimum Gasteiger partial charge on any atom is -0.389 e. The molecule has 16 heavy (non-hydrogen) atoms. The predicted octanol–water partition coefficient (Wildman–Crippen LogP) is 3.29. The normalized spacial score (nSPS) is 12.8. The fourth-order valence-corrected chi connectivity index (χ4v) is 2.53. The molecular weight excluding hydrogens is 383 g/mol. The largest absolute Gasteiger partial charge is 0.389 e. The van der Waals surface area contributed by atoms with Gasteiger partial charge in [0.05, 0.1) is 21.6 Å². The van der Waals surface area contributed by atoms with Crippen LogP contribution in [0.2, 0.25) is 0 Å². The van der Waals surface area contributed by atoms with Crippen LogP contribution in [0.1, 0.15) is 18.6 Å². The average Bonchev–Trinajstić information content (AvgIpc) is 2.64. The molecule has 1 unspecified atom stereocenters. The Hall–Kier alpha value is -0.400. The second-order valence-electron chi connectivity index (χ2n) is 3.48. The van der Waals surface area contributed by atoms with Gasteiger partial charge in [0, 0.05) is 10.7 Å². The maximum absolute atomic E-state index is 9.52. The van der Waals surface area contributed by atoms with Crippen LogP contribution in [0.4, 0.5) is 0 Å². The van der Waals surface area contributed by atoms with E-state index in [4.69, 9.17) is 0 Å². The van der Waals surface area contributed by atoms with E-state index in [2.05, 4.69) is 43.6 Å². The van der Waals surface area contributed by atoms with Crippen LogP contribution in [0, 0.1) is 3.57 Å². The topological polar surface area (TPSA) is 38.0 Å². The number of aromatic nitrogens is 2. The molecule has 5 heteroatoms. The second-order valence-corrected chi connectivity index (χ2v) is 5.58. The average molecular weight is 393 g/mol. The van der Waals surface area contributed by atoms with E-state index in [1.807, 2.05) is 24.4 Å². The van der Waals surface area contributed by atoms with Gasteiger partial charge in [0.1, 0.15) is 0 Å². The quantitative estimate of drug-likeness (QED) is 0.796. The van der Waals surface area contributed by atoms with Crippen molar-refractivity contribution in [2.75, 3.05) is 0 Å². The molecule has 2 aromatic rings. The van der Waals surface area contributed by atoms with E-state index < -0.39 is 6.10 Å². The predicted molar refractivity (Wildman–Crippen MR) is 74.6 cm³/mol. The summed E-state index contributed by atoms with van der Waals surface area (Å²) in [6.45, 7) is 1.75. The third-order valence-corrected chi connectivity index (χ3v) is 3.49. The van der Waals surface area contributed by atoms with Crippen molar-refractivity contribution in [3.8, 4) is 5.69 Å². The number of aliphatic hydroxyl groups is 1. The van der Waals surface area contributed by atoms with Crippen LogP contribution in [0.3, 0.4) is 0 Å². The SMILES string of the molecule is CC(O)c1ccc(-n2cc(I)cn2)cc1Br. The standard InChI is InChI=1S/C11H10BrIN2O/c1-7(16)10-3-2-9(4-11(10)12)15-6-8(13)5-14-15/h2-7,16H,1H3. The minimum atomic E-state index is -0.471. The number of rotatable bonds is 2. The van der Waals surface area contributed by atoms with Gasteiger partial charge in [-0.25, -0.2) is 4.68 Å². The zero-order valence-corrected chi connectivity index (χ0v) is 12.3. The van der Waals surface area contributed by atoms with Gasteiger partial charge in [-0.15, -0.1) is 0 Å². The maximum atomic E-state index is 9.52. The van der Waals surface area contributed by atoms with Gasteiger partial charge in [-0.3, -0.25) is 0 Å². The summed E-state index contributed by atoms with van der Waals surface area (Å²) in [5.74, 6) is 0. The lowest BCUT2D eigenvalue weighted by molar-refractivity contribution is 0.198. The van der Waals surface area contributed by atoms with Crippen molar-refractivity contribution in [1.29, 1.82) is 0 Å². The lowest BCUT2D eigenvalue weighted by atomic mass is 10.1. The number of halogens is 2. The molecule has 84 valence electrons. The molecule has 0 spiro atoms. The van der Waals surface area contributed by atoms with E-state index in [9.17, 15) is 5.11 Å². The highest BCUT2D eigenvalue weighted by molar-refractivity contribution is 14.1. The van der Waals surface area contributed by atoms with Crippen molar-refractivity contribution in [3.63, 3.8) is 0 Å². The van der Waals surface area contributed by atoms with Gasteiger partial charge in [-0.1, -0.05) is 22.0 Å². The second kappa shape index (κ2) is 4.85. The van der Waals surface area contributed by atoms with Crippen LogP contribution in [-0.2, 0) is 0 Å². The van der Waals surface area contributed by atoms with E-state index in [1.54, 1.807) is 17.8 Å². The first kappa shape index (κ1) is 12.1. The molecule has 1 aromatic heterocycles. The molecule has 0 aliphatic rings. The van der Waals surface area contributed by atoms with Crippen LogP contribution < -0.4 is 0 Å². The molecule has 0 bridgehead atoms. The molecule has 0 radical (unpaired) electrons. The van der Waals surface area contributed by atoms with Gasteiger partial charge in [0.15, 0.2) is 0 Å². The molecule has 0 aliphatic heterocycles. The highest BCUT2D eigenvalue weighted by Gasteiger charge is 2.07. The van der Waals surface area contributed by atoms with Crippen LogP contribution in [-0.4, -0.2) is 14.9 Å².